The average molecular weight is 316 g/mol. The number of ether oxygens (including phenoxy) is 2. The summed E-state index contributed by atoms with van der Waals surface area (Å²) in [5, 5.41) is 0. The van der Waals surface area contributed by atoms with Crippen LogP contribution in [0.5, 0.6) is 5.75 Å². The highest BCUT2D eigenvalue weighted by Gasteiger charge is 2.31. The lowest BCUT2D eigenvalue weighted by Crippen LogP contribution is -2.41. The van der Waals surface area contributed by atoms with E-state index in [1.54, 1.807) is 13.8 Å². The van der Waals surface area contributed by atoms with E-state index in [-0.39, 0.29) is 17.2 Å². The van der Waals surface area contributed by atoms with Crippen molar-refractivity contribution >= 4 is 21.7 Å². The van der Waals surface area contributed by atoms with Crippen molar-refractivity contribution in [1.29, 1.82) is 0 Å². The molecular formula is C13H20N2O5S. The minimum atomic E-state index is -3.91. The van der Waals surface area contributed by atoms with Crippen molar-refractivity contribution in [2.24, 2.45) is 0 Å². The first-order valence-corrected chi connectivity index (χ1v) is 7.70. The van der Waals surface area contributed by atoms with Gasteiger partial charge in [0.1, 0.15) is 17.2 Å². The van der Waals surface area contributed by atoms with Crippen LogP contribution in [-0.4, -0.2) is 45.5 Å². The van der Waals surface area contributed by atoms with Gasteiger partial charge in [0, 0.05) is 17.8 Å². The van der Waals surface area contributed by atoms with Gasteiger partial charge in [-0.25, -0.2) is 8.42 Å². The molecule has 0 atom stereocenters. The second-order valence-electron chi connectivity index (χ2n) is 4.63. The third-order valence-electron chi connectivity index (χ3n) is 2.86. The van der Waals surface area contributed by atoms with E-state index in [2.05, 4.69) is 4.74 Å². The summed E-state index contributed by atoms with van der Waals surface area (Å²) in [6.45, 7) is 2.97. The first-order valence-electron chi connectivity index (χ1n) is 6.26. The van der Waals surface area contributed by atoms with E-state index in [1.165, 1.54) is 32.4 Å². The smallest absolute Gasteiger partial charge is 0.321 e. The molecule has 0 saturated carbocycles. The number of nitrogen functional groups attached to an aromatic ring is 1. The number of nitrogens with zero attached hydrogens (tertiary/aromatic N) is 1. The van der Waals surface area contributed by atoms with Crippen molar-refractivity contribution in [3.8, 4) is 5.75 Å². The zero-order valence-corrected chi connectivity index (χ0v) is 13.3. The van der Waals surface area contributed by atoms with E-state index < -0.39 is 22.0 Å². The van der Waals surface area contributed by atoms with Crippen molar-refractivity contribution in [2.45, 2.75) is 24.8 Å². The number of carbonyl (C=O) groups excluding carboxylic acids is 1. The Morgan fingerprint density at radius 1 is 1.33 bits per heavy atom. The van der Waals surface area contributed by atoms with Crippen LogP contribution in [-0.2, 0) is 19.6 Å². The third kappa shape index (κ3) is 3.85. The summed E-state index contributed by atoms with van der Waals surface area (Å²) in [5.41, 5.74) is 6.01. The molecule has 0 fully saturated rings. The first-order chi connectivity index (χ1) is 9.73. The molecule has 0 spiro atoms. The fourth-order valence-electron chi connectivity index (χ4n) is 1.76. The van der Waals surface area contributed by atoms with E-state index in [1.807, 2.05) is 0 Å². The fraction of sp³-hybridized carbons (Fsp3) is 0.462. The van der Waals surface area contributed by atoms with Gasteiger partial charge in [-0.15, -0.1) is 0 Å². The van der Waals surface area contributed by atoms with Crippen molar-refractivity contribution < 1.29 is 22.7 Å². The number of hydrogen-bond acceptors (Lipinski definition) is 6. The molecule has 1 rings (SSSR count). The summed E-state index contributed by atoms with van der Waals surface area (Å²) in [5.74, 6) is -0.507. The maximum Gasteiger partial charge on any atom is 0.321 e. The Bertz CT molecular complexity index is 613. The molecule has 0 aliphatic rings. The van der Waals surface area contributed by atoms with Gasteiger partial charge in [0.15, 0.2) is 0 Å². The molecule has 21 heavy (non-hydrogen) atoms. The van der Waals surface area contributed by atoms with Crippen LogP contribution in [0.4, 0.5) is 5.69 Å². The molecule has 1 aromatic carbocycles. The predicted octanol–water partition coefficient (Wildman–Crippen LogP) is 0.849. The van der Waals surface area contributed by atoms with E-state index in [4.69, 9.17) is 10.5 Å². The number of esters is 1. The zero-order valence-electron chi connectivity index (χ0n) is 12.5. The van der Waals surface area contributed by atoms with Gasteiger partial charge in [-0.05, 0) is 26.0 Å². The van der Waals surface area contributed by atoms with Gasteiger partial charge < -0.3 is 15.2 Å². The number of methoxy groups -OCH3 is 2. The fourth-order valence-corrected chi connectivity index (χ4v) is 3.48. The number of rotatable bonds is 6. The number of sulfonamides is 1. The molecule has 0 amide bonds. The van der Waals surface area contributed by atoms with Crippen LogP contribution >= 0.6 is 0 Å². The molecular weight excluding hydrogens is 296 g/mol. The highest BCUT2D eigenvalue weighted by Crippen LogP contribution is 2.29. The predicted molar refractivity (Wildman–Crippen MR) is 78.5 cm³/mol. The van der Waals surface area contributed by atoms with Gasteiger partial charge in [-0.2, -0.15) is 4.31 Å². The van der Waals surface area contributed by atoms with Gasteiger partial charge in [-0.3, -0.25) is 4.79 Å². The number of anilines is 1. The molecule has 0 aliphatic carbocycles. The quantitative estimate of drug-likeness (QED) is 0.617. The number of benzene rings is 1. The average Bonchev–Trinajstić information content (AvgIpc) is 2.43. The van der Waals surface area contributed by atoms with Gasteiger partial charge >= 0.3 is 5.97 Å². The summed E-state index contributed by atoms with van der Waals surface area (Å²) in [7, 11) is -1.35. The first kappa shape index (κ1) is 17.3. The second kappa shape index (κ2) is 6.77. The van der Waals surface area contributed by atoms with E-state index in [0.717, 1.165) is 4.31 Å². The Labute approximate surface area is 124 Å². The molecule has 0 unspecified atom stereocenters. The Balaban J connectivity index is 3.32. The van der Waals surface area contributed by atoms with Crippen LogP contribution in [0.25, 0.3) is 0 Å². The molecule has 8 heteroatoms. The lowest BCUT2D eigenvalue weighted by Gasteiger charge is -2.25. The topological polar surface area (TPSA) is 98.9 Å². The molecule has 0 radical (unpaired) electrons. The molecule has 118 valence electrons. The number of hydrogen-bond donors (Lipinski definition) is 1. The summed E-state index contributed by atoms with van der Waals surface area (Å²) in [6, 6.07) is 3.82. The van der Waals surface area contributed by atoms with E-state index >= 15 is 0 Å². The van der Waals surface area contributed by atoms with Crippen LogP contribution in [0.2, 0.25) is 0 Å². The normalized spacial score (nSPS) is 11.7. The van der Waals surface area contributed by atoms with Gasteiger partial charge in [0.05, 0.1) is 14.2 Å². The highest BCUT2D eigenvalue weighted by molar-refractivity contribution is 7.89. The molecule has 2 N–H and O–H groups in total. The van der Waals surface area contributed by atoms with E-state index in [0.29, 0.717) is 5.69 Å². The van der Waals surface area contributed by atoms with Crippen LogP contribution in [0, 0.1) is 0 Å². The minimum Gasteiger partial charge on any atom is -0.495 e. The highest BCUT2D eigenvalue weighted by atomic mass is 32.2. The van der Waals surface area contributed by atoms with Crippen LogP contribution in [0.3, 0.4) is 0 Å². The molecule has 0 heterocycles. The van der Waals surface area contributed by atoms with Crippen LogP contribution < -0.4 is 10.5 Å². The Hall–Kier alpha value is -1.80. The summed E-state index contributed by atoms with van der Waals surface area (Å²) in [4.78, 5) is 11.4. The zero-order chi connectivity index (χ0) is 16.2. The largest absolute Gasteiger partial charge is 0.495 e. The van der Waals surface area contributed by atoms with Crippen molar-refractivity contribution in [3.05, 3.63) is 18.2 Å². The molecule has 0 bridgehead atoms. The van der Waals surface area contributed by atoms with Crippen molar-refractivity contribution in [2.75, 3.05) is 26.5 Å². The third-order valence-corrected chi connectivity index (χ3v) is 4.92. The lowest BCUT2D eigenvalue weighted by atomic mass is 10.3. The molecule has 1 aromatic rings. The van der Waals surface area contributed by atoms with E-state index in [9.17, 15) is 13.2 Å². The van der Waals surface area contributed by atoms with Gasteiger partial charge in [0.2, 0.25) is 10.0 Å². The standard InChI is InChI=1S/C13H20N2O5S/c1-9(2)15(8-13(16)20-4)21(17,18)12-6-5-10(14)7-11(12)19-3/h5-7,9H,8,14H2,1-4H3. The molecule has 0 aromatic heterocycles. The molecule has 7 nitrogen and oxygen atoms in total. The van der Waals surface area contributed by atoms with Crippen LogP contribution in [0.15, 0.2) is 23.1 Å². The summed E-state index contributed by atoms with van der Waals surface area (Å²) in [6.07, 6.45) is 0. The number of nitrogens with two attached hydrogens (primary N) is 1. The Morgan fingerprint density at radius 2 is 1.95 bits per heavy atom. The molecule has 0 saturated heterocycles. The van der Waals surface area contributed by atoms with Gasteiger partial charge in [-0.1, -0.05) is 0 Å². The van der Waals surface area contributed by atoms with Crippen molar-refractivity contribution in [1.82, 2.24) is 4.31 Å². The maximum atomic E-state index is 12.7. The maximum absolute atomic E-state index is 12.7. The second-order valence-corrected chi connectivity index (χ2v) is 6.49. The lowest BCUT2D eigenvalue weighted by molar-refractivity contribution is -0.141. The molecule has 0 aliphatic heterocycles. The summed E-state index contributed by atoms with van der Waals surface area (Å²) < 4.78 is 36.1. The Kier molecular flexibility index (Phi) is 5.56. The van der Waals surface area contributed by atoms with Crippen molar-refractivity contribution in [3.63, 3.8) is 0 Å². The van der Waals surface area contributed by atoms with Gasteiger partial charge in [0.25, 0.3) is 0 Å². The summed E-state index contributed by atoms with van der Waals surface area (Å²) >= 11 is 0. The monoisotopic (exact) mass is 316 g/mol. The van der Waals surface area contributed by atoms with Crippen LogP contribution in [0.1, 0.15) is 13.8 Å². The Morgan fingerprint density at radius 3 is 2.43 bits per heavy atom. The minimum absolute atomic E-state index is 0.0446. The number of carbonyl (C=O) groups is 1. The SMILES string of the molecule is COC(=O)CN(C(C)C)S(=O)(=O)c1ccc(N)cc1OC.